The molecule has 0 aliphatic rings. The van der Waals surface area contributed by atoms with E-state index in [-0.39, 0.29) is 20.4 Å². The molecule has 9 rings (SSSR count). The molecule has 210 valence electrons. The molecule has 7 heteroatoms. The van der Waals surface area contributed by atoms with Crippen LogP contribution in [0.3, 0.4) is 0 Å². The largest absolute Gasteiger partial charge is 2.00 e. The van der Waals surface area contributed by atoms with Crippen molar-refractivity contribution in [3.63, 3.8) is 0 Å². The van der Waals surface area contributed by atoms with Crippen LogP contribution in [-0.4, -0.2) is 23.9 Å². The molecule has 0 fully saturated rings. The Morgan fingerprint density at radius 3 is 2.20 bits per heavy atom. The molecule has 0 bridgehead atoms. The molecule has 0 saturated carbocycles. The Hall–Kier alpha value is -5.35. The molecule has 4 aromatic carbocycles. The fraction of sp³-hybridized carbons (Fsp3) is 0. The maximum atomic E-state index is 6.44. The number of imidazole rings is 1. The van der Waals surface area contributed by atoms with Crippen LogP contribution in [0.1, 0.15) is 0 Å². The van der Waals surface area contributed by atoms with Gasteiger partial charge < -0.3 is 13.7 Å². The van der Waals surface area contributed by atoms with Gasteiger partial charge in [-0.25, -0.2) is 9.97 Å². The van der Waals surface area contributed by atoms with Crippen molar-refractivity contribution in [1.29, 1.82) is 0 Å². The molecule has 0 atom stereocenters. The molecule has 0 radical (unpaired) electrons. The normalized spacial score (nSPS) is 11.5. The Morgan fingerprint density at radius 1 is 0.591 bits per heavy atom. The third-order valence-corrected chi connectivity index (χ3v) is 7.88. The number of hydrogen-bond donors (Lipinski definition) is 0. The van der Waals surface area contributed by atoms with Crippen LogP contribution in [0.2, 0.25) is 0 Å². The van der Waals surface area contributed by atoms with Crippen LogP contribution in [0, 0.1) is 12.1 Å². The summed E-state index contributed by atoms with van der Waals surface area (Å²) in [6.07, 6.45) is 5.66. The molecule has 0 unspecified atom stereocenters. The van der Waals surface area contributed by atoms with Crippen LogP contribution in [0.4, 0.5) is 0 Å². The first-order valence-corrected chi connectivity index (χ1v) is 14.0. The predicted octanol–water partition coefficient (Wildman–Crippen LogP) is 8.58. The molecular formula is C37H21N5OPd. The Balaban J connectivity index is 0.00000289. The SMILES string of the molecule is [Pd+2].[c-]1c(Oc2[c-]c3c(cc2)c2ccccc2n3-c2ccccn2)ccc2c1c1nc(-c3ccccc3)cn1c1ncccc21. The zero-order chi connectivity index (χ0) is 28.3. The fourth-order valence-electron chi connectivity index (χ4n) is 5.98. The summed E-state index contributed by atoms with van der Waals surface area (Å²) < 4.78 is 10.6. The van der Waals surface area contributed by atoms with Gasteiger partial charge in [0.15, 0.2) is 0 Å². The average Bonchev–Trinajstić information content (AvgIpc) is 3.66. The van der Waals surface area contributed by atoms with Crippen LogP contribution in [0.15, 0.2) is 128 Å². The second-order valence-corrected chi connectivity index (χ2v) is 10.4. The third kappa shape index (κ3) is 4.10. The predicted molar refractivity (Wildman–Crippen MR) is 170 cm³/mol. The van der Waals surface area contributed by atoms with Crippen LogP contribution in [-0.2, 0) is 20.4 Å². The van der Waals surface area contributed by atoms with Gasteiger partial charge in [0.05, 0.1) is 11.3 Å². The topological polar surface area (TPSA) is 57.2 Å². The van der Waals surface area contributed by atoms with Crippen molar-refractivity contribution in [2.24, 2.45) is 0 Å². The minimum absolute atomic E-state index is 0. The Kier molecular flexibility index (Phi) is 6.23. The van der Waals surface area contributed by atoms with Crippen LogP contribution in [0.5, 0.6) is 11.5 Å². The summed E-state index contributed by atoms with van der Waals surface area (Å²) in [7, 11) is 0. The van der Waals surface area contributed by atoms with Crippen molar-refractivity contribution in [3.05, 3.63) is 140 Å². The van der Waals surface area contributed by atoms with Crippen molar-refractivity contribution < 1.29 is 25.2 Å². The van der Waals surface area contributed by atoms with Gasteiger partial charge in [-0.2, -0.15) is 6.07 Å². The molecular weight excluding hydrogens is 637 g/mol. The third-order valence-electron chi connectivity index (χ3n) is 7.88. The van der Waals surface area contributed by atoms with Crippen molar-refractivity contribution in [1.82, 2.24) is 23.9 Å². The van der Waals surface area contributed by atoms with E-state index in [1.165, 1.54) is 0 Å². The van der Waals surface area contributed by atoms with Crippen LogP contribution in [0.25, 0.3) is 66.3 Å². The first kappa shape index (κ1) is 26.3. The Labute approximate surface area is 265 Å². The molecule has 0 saturated heterocycles. The minimum Gasteiger partial charge on any atom is -0.503 e. The Bertz CT molecular complexity index is 2490. The number of rotatable bonds is 4. The number of benzene rings is 4. The molecule has 0 N–H and O–H groups in total. The average molecular weight is 658 g/mol. The summed E-state index contributed by atoms with van der Waals surface area (Å²) >= 11 is 0. The quantitative estimate of drug-likeness (QED) is 0.108. The van der Waals surface area contributed by atoms with Gasteiger partial charge in [0.1, 0.15) is 11.5 Å². The maximum absolute atomic E-state index is 6.44. The van der Waals surface area contributed by atoms with Gasteiger partial charge >= 0.3 is 20.4 Å². The number of hydrogen-bond acceptors (Lipinski definition) is 4. The van der Waals surface area contributed by atoms with E-state index in [0.717, 1.165) is 66.3 Å². The van der Waals surface area contributed by atoms with E-state index in [9.17, 15) is 0 Å². The zero-order valence-electron chi connectivity index (χ0n) is 23.1. The molecule has 0 amide bonds. The van der Waals surface area contributed by atoms with E-state index in [2.05, 4.69) is 70.2 Å². The summed E-state index contributed by atoms with van der Waals surface area (Å²) in [5.74, 6) is 2.00. The summed E-state index contributed by atoms with van der Waals surface area (Å²) in [5, 5.41) is 5.13. The summed E-state index contributed by atoms with van der Waals surface area (Å²) in [5.41, 5.74) is 5.52. The van der Waals surface area contributed by atoms with E-state index in [0.29, 0.717) is 11.5 Å². The molecule has 5 heterocycles. The van der Waals surface area contributed by atoms with Crippen molar-refractivity contribution in [2.75, 3.05) is 0 Å². The molecule has 9 aromatic rings. The van der Waals surface area contributed by atoms with Crippen molar-refractivity contribution in [2.45, 2.75) is 0 Å². The van der Waals surface area contributed by atoms with E-state index >= 15 is 0 Å². The molecule has 44 heavy (non-hydrogen) atoms. The molecule has 0 aliphatic heterocycles. The van der Waals surface area contributed by atoms with Crippen molar-refractivity contribution >= 4 is 49.3 Å². The second-order valence-electron chi connectivity index (χ2n) is 10.4. The number of pyridine rings is 3. The van der Waals surface area contributed by atoms with Crippen molar-refractivity contribution in [3.8, 4) is 28.6 Å². The van der Waals surface area contributed by atoms with Gasteiger partial charge in [-0.05, 0) is 35.0 Å². The fourth-order valence-corrected chi connectivity index (χ4v) is 5.98. The first-order chi connectivity index (χ1) is 21.3. The number of nitrogens with zero attached hydrogens (tertiary/aromatic N) is 5. The number of ether oxygens (including phenoxy) is 1. The van der Waals surface area contributed by atoms with E-state index in [4.69, 9.17) is 14.7 Å². The summed E-state index contributed by atoms with van der Waals surface area (Å²) in [6, 6.07) is 43.5. The molecule has 0 spiro atoms. The van der Waals surface area contributed by atoms with E-state index in [1.54, 1.807) is 6.20 Å². The van der Waals surface area contributed by atoms with Crippen LogP contribution < -0.4 is 4.74 Å². The van der Waals surface area contributed by atoms with E-state index in [1.807, 2.05) is 77.5 Å². The number of fused-ring (bicyclic) bond motifs is 9. The minimum atomic E-state index is 0. The Morgan fingerprint density at radius 2 is 1.34 bits per heavy atom. The second kappa shape index (κ2) is 10.4. The van der Waals surface area contributed by atoms with Gasteiger partial charge in [0.2, 0.25) is 0 Å². The van der Waals surface area contributed by atoms with Gasteiger partial charge in [-0.1, -0.05) is 83.0 Å². The number of aromatic nitrogens is 5. The van der Waals surface area contributed by atoms with Gasteiger partial charge in [0.25, 0.3) is 0 Å². The monoisotopic (exact) mass is 657 g/mol. The van der Waals surface area contributed by atoms with Crippen LogP contribution >= 0.6 is 0 Å². The van der Waals surface area contributed by atoms with E-state index < -0.39 is 0 Å². The van der Waals surface area contributed by atoms with Gasteiger partial charge in [-0.15, -0.1) is 29.7 Å². The number of para-hydroxylation sites is 1. The molecule has 6 nitrogen and oxygen atoms in total. The van der Waals surface area contributed by atoms with Gasteiger partial charge in [-0.3, -0.25) is 4.98 Å². The molecule has 0 aliphatic carbocycles. The summed E-state index contributed by atoms with van der Waals surface area (Å²) in [4.78, 5) is 14.4. The maximum Gasteiger partial charge on any atom is 2.00 e. The zero-order valence-corrected chi connectivity index (χ0v) is 24.6. The van der Waals surface area contributed by atoms with Gasteiger partial charge in [0, 0.05) is 41.2 Å². The summed E-state index contributed by atoms with van der Waals surface area (Å²) in [6.45, 7) is 0. The first-order valence-electron chi connectivity index (χ1n) is 14.0. The smallest absolute Gasteiger partial charge is 0.503 e. The standard InChI is InChI=1S/C37H21N5O.Pd/c1-2-9-24(10-3-1)32-23-41-36-30(12-8-20-39-36)27-17-15-25(21-31(27)37(41)40-32)43-26-16-18-29-28-11-4-5-13-33(28)42(34(29)22-26)35-14-6-7-19-38-35;/h1-20,23H;/q-2;+2. The molecule has 5 aromatic heterocycles.